The Hall–Kier alpha value is -4.81. The maximum Gasteiger partial charge on any atom is 2.00 e. The van der Waals surface area contributed by atoms with Gasteiger partial charge in [0.05, 0.1) is 28.3 Å². The molecular weight excluding hydrogens is 893 g/mol. The van der Waals surface area contributed by atoms with Crippen molar-refractivity contribution in [2.45, 2.75) is 103 Å². The van der Waals surface area contributed by atoms with Gasteiger partial charge in [0.25, 0.3) is 0 Å². The number of aromatic carboxylic acids is 1. The maximum atomic E-state index is 12.8. The number of carbonyl (C=O) groups is 1. The molecule has 6 heterocycles. The number of nitrogens with zero attached hydrogens (tertiary/aromatic N) is 7. The fraction of sp³-hybridized carbons (Fsp3) is 0.356. The Labute approximate surface area is 372 Å². The molecule has 0 aliphatic heterocycles. The number of hydrogen-bond acceptors (Lipinski definition) is 8. The van der Waals surface area contributed by atoms with E-state index >= 15 is 0 Å². The number of alkyl halides is 3. The minimum absolute atomic E-state index is 0. The Morgan fingerprint density at radius 2 is 1.38 bits per heavy atom. The van der Waals surface area contributed by atoms with Gasteiger partial charge in [-0.1, -0.05) is 114 Å². The average Bonchev–Trinajstić information content (AvgIpc) is 3.95. The fourth-order valence-corrected chi connectivity index (χ4v) is 7.24. The molecule has 0 fully saturated rings. The zero-order chi connectivity index (χ0) is 42.3. The Morgan fingerprint density at radius 1 is 0.767 bits per heavy atom. The van der Waals surface area contributed by atoms with Crippen LogP contribution in [0.1, 0.15) is 112 Å². The quantitative estimate of drug-likeness (QED) is 0.0364. The second kappa shape index (κ2) is 27.1. The number of aromatic nitrogens is 6. The molecule has 0 radical (unpaired) electrons. The summed E-state index contributed by atoms with van der Waals surface area (Å²) < 4.78 is 38.3. The number of rotatable bonds is 19. The van der Waals surface area contributed by atoms with Gasteiger partial charge in [-0.05, 0) is 84.4 Å². The smallest absolute Gasteiger partial charge is 0.753 e. The Balaban J connectivity index is 0.000000326. The summed E-state index contributed by atoms with van der Waals surface area (Å²) in [6, 6.07) is 20.8. The SMILES string of the molecule is CCCCCCCCCCCCCCCc1ccsc1-c1ccc(-c2cc(C(F)(F)F)n[n-]2)nc1.O=C(O)c1ccnc(-c2cccc(-c3ccccn3)n2)c1.[N-]=C=S.[Ru+2]. The molecule has 0 aromatic carbocycles. The van der Waals surface area contributed by atoms with Crippen molar-refractivity contribution < 1.29 is 42.6 Å². The molecule has 0 amide bonds. The van der Waals surface area contributed by atoms with Crippen LogP contribution in [0.5, 0.6) is 0 Å². The van der Waals surface area contributed by atoms with E-state index in [4.69, 9.17) is 10.5 Å². The first-order valence-electron chi connectivity index (χ1n) is 19.8. The monoisotopic (exact) mass is 941 g/mol. The van der Waals surface area contributed by atoms with Gasteiger partial charge in [0.15, 0.2) is 0 Å². The van der Waals surface area contributed by atoms with Crippen LogP contribution in [-0.2, 0) is 32.1 Å². The van der Waals surface area contributed by atoms with Crippen LogP contribution >= 0.6 is 23.6 Å². The first-order valence-corrected chi connectivity index (χ1v) is 21.1. The molecular formula is C45H48F3N7O2RuS2. The third kappa shape index (κ3) is 16.7. The number of pyridine rings is 4. The number of thiocarbonyl (C=S) groups is 1. The van der Waals surface area contributed by atoms with E-state index < -0.39 is 17.8 Å². The molecule has 6 aromatic heterocycles. The van der Waals surface area contributed by atoms with Crippen molar-refractivity contribution in [3.05, 3.63) is 119 Å². The van der Waals surface area contributed by atoms with E-state index in [9.17, 15) is 18.0 Å². The number of carboxylic acids is 1. The van der Waals surface area contributed by atoms with Gasteiger partial charge in [0, 0.05) is 34.7 Å². The molecule has 15 heteroatoms. The summed E-state index contributed by atoms with van der Waals surface area (Å²) in [5.41, 5.74) is 4.65. The standard InChI is InChI=1S/C28H37F3N3S.C16H11N3O2.CNS.Ru/c1-2-3-4-5-6-7-8-9-10-11-12-13-14-15-22-18-19-35-27(22)23-16-17-24(32-21-23)25-20-26(34-33-25)28(29,30)31;20-16(21)11-7-9-18-15(10-11)14-6-3-5-13(19-14)12-4-1-2-8-17-12;2-1-3;/h16-21H,2-15H2,1H3;1-10H,(H,20,21);;/q-1;;-1;+2. The van der Waals surface area contributed by atoms with Crippen LogP contribution in [0.15, 0.2) is 96.8 Å². The van der Waals surface area contributed by atoms with Gasteiger partial charge < -0.3 is 20.7 Å². The molecule has 9 nitrogen and oxygen atoms in total. The van der Waals surface area contributed by atoms with Crippen LogP contribution in [0.4, 0.5) is 13.2 Å². The summed E-state index contributed by atoms with van der Waals surface area (Å²) in [7, 11) is 0. The van der Waals surface area contributed by atoms with E-state index in [-0.39, 0.29) is 30.7 Å². The summed E-state index contributed by atoms with van der Waals surface area (Å²) in [5, 5.41) is 26.4. The van der Waals surface area contributed by atoms with Gasteiger partial charge in [-0.3, -0.25) is 15.0 Å². The zero-order valence-electron chi connectivity index (χ0n) is 33.4. The molecule has 0 unspecified atom stereocenters. The van der Waals surface area contributed by atoms with E-state index in [1.807, 2.05) is 36.4 Å². The number of isothiocyanates is 1. The molecule has 0 atom stereocenters. The number of unbranched alkanes of at least 4 members (excludes halogenated alkanes) is 12. The van der Waals surface area contributed by atoms with E-state index in [0.717, 1.165) is 29.4 Å². The van der Waals surface area contributed by atoms with Crippen molar-refractivity contribution in [1.29, 1.82) is 0 Å². The van der Waals surface area contributed by atoms with Crippen LogP contribution in [0.3, 0.4) is 0 Å². The van der Waals surface area contributed by atoms with Crippen LogP contribution in [0, 0.1) is 0 Å². The number of hydrogen-bond donors (Lipinski definition) is 1. The first-order chi connectivity index (χ1) is 28.6. The molecule has 1 N–H and O–H groups in total. The van der Waals surface area contributed by atoms with E-state index in [0.29, 0.717) is 17.1 Å². The molecule has 0 bridgehead atoms. The van der Waals surface area contributed by atoms with Gasteiger partial charge in [-0.2, -0.15) is 18.3 Å². The molecule has 316 valence electrons. The van der Waals surface area contributed by atoms with Crippen LogP contribution in [0.2, 0.25) is 0 Å². The van der Waals surface area contributed by atoms with Gasteiger partial charge >= 0.3 is 31.6 Å². The van der Waals surface area contributed by atoms with E-state index in [1.54, 1.807) is 35.9 Å². The predicted molar refractivity (Wildman–Crippen MR) is 232 cm³/mol. The number of thiophene rings is 1. The van der Waals surface area contributed by atoms with Gasteiger partial charge in [-0.15, -0.1) is 11.3 Å². The summed E-state index contributed by atoms with van der Waals surface area (Å²) in [6.45, 7) is 2.26. The minimum Gasteiger partial charge on any atom is -0.753 e. The number of aryl methyl sites for hydroxylation is 1. The molecule has 6 aromatic rings. The van der Waals surface area contributed by atoms with Crippen molar-refractivity contribution in [3.63, 3.8) is 0 Å². The third-order valence-electron chi connectivity index (χ3n) is 9.36. The van der Waals surface area contributed by atoms with Crippen molar-refractivity contribution >= 4 is 34.7 Å². The normalized spacial score (nSPS) is 10.7. The van der Waals surface area contributed by atoms with Crippen molar-refractivity contribution in [2.75, 3.05) is 0 Å². The van der Waals surface area contributed by atoms with Crippen molar-refractivity contribution in [2.24, 2.45) is 0 Å². The minimum atomic E-state index is -4.50. The Morgan fingerprint density at radius 3 is 1.95 bits per heavy atom. The molecule has 0 aliphatic rings. The maximum absolute atomic E-state index is 12.8. The topological polar surface area (TPSA) is 138 Å². The number of carboxylic acid groups (broad SMARTS) is 1. The second-order valence-corrected chi connectivity index (χ2v) is 14.9. The molecule has 60 heavy (non-hydrogen) atoms. The Kier molecular flexibility index (Phi) is 22.4. The zero-order valence-corrected chi connectivity index (χ0v) is 36.8. The number of halogens is 3. The second-order valence-electron chi connectivity index (χ2n) is 13.8. The molecule has 0 spiro atoms. The van der Waals surface area contributed by atoms with Gasteiger partial charge in [0.1, 0.15) is 5.69 Å². The largest absolute Gasteiger partial charge is 2.00 e. The van der Waals surface area contributed by atoms with E-state index in [1.165, 1.54) is 117 Å². The Bertz CT molecular complexity index is 2180. The van der Waals surface area contributed by atoms with E-state index in [2.05, 4.69) is 60.7 Å². The third-order valence-corrected chi connectivity index (χ3v) is 10.4. The fourth-order valence-electron chi connectivity index (χ4n) is 6.30. The predicted octanol–water partition coefficient (Wildman–Crippen LogP) is 13.0. The first kappa shape index (κ1) is 49.6. The molecule has 6 rings (SSSR count). The van der Waals surface area contributed by atoms with Crippen molar-refractivity contribution in [1.82, 2.24) is 30.1 Å². The van der Waals surface area contributed by atoms with Crippen LogP contribution < -0.4 is 5.10 Å². The summed E-state index contributed by atoms with van der Waals surface area (Å²) in [6.07, 6.45) is 18.9. The van der Waals surface area contributed by atoms with Crippen LogP contribution in [-0.4, -0.2) is 41.3 Å². The molecule has 0 saturated carbocycles. The van der Waals surface area contributed by atoms with Crippen LogP contribution in [0.25, 0.3) is 50.0 Å². The summed E-state index contributed by atoms with van der Waals surface area (Å²) in [5.74, 6) is -0.987. The van der Waals surface area contributed by atoms with Gasteiger partial charge in [0.2, 0.25) is 0 Å². The summed E-state index contributed by atoms with van der Waals surface area (Å²) in [4.78, 5) is 29.5. The molecule has 0 saturated heterocycles. The van der Waals surface area contributed by atoms with Gasteiger partial charge in [-0.25, -0.2) is 9.78 Å². The molecule has 0 aliphatic carbocycles. The average molecular weight is 941 g/mol. The van der Waals surface area contributed by atoms with Crippen molar-refractivity contribution in [3.8, 4) is 44.6 Å². The summed E-state index contributed by atoms with van der Waals surface area (Å²) >= 11 is 5.38.